The molecular weight excluding hydrogens is 1060 g/mol. The van der Waals surface area contributed by atoms with Crippen LogP contribution in [0, 0.1) is 0 Å². The summed E-state index contributed by atoms with van der Waals surface area (Å²) in [5.41, 5.74) is 0. The lowest BCUT2D eigenvalue weighted by molar-refractivity contribution is -0.303. The van der Waals surface area contributed by atoms with E-state index in [1.807, 2.05) is 0 Å². The normalized spacial score (nSPS) is 19.2. The number of hydrogen-bond donors (Lipinski definition) is 8. The fourth-order valence-electron chi connectivity index (χ4n) is 11.4. The highest BCUT2D eigenvalue weighted by atomic mass is 16.7. The predicted octanol–water partition coefficient (Wildman–Crippen LogP) is 17.7. The maximum absolute atomic E-state index is 13.2. The third-order valence-corrected chi connectivity index (χ3v) is 17.2. The zero-order chi connectivity index (χ0) is 61.7. The number of carbonyl (C=O) groups is 1. The zero-order valence-corrected chi connectivity index (χ0v) is 55.1. The van der Waals surface area contributed by atoms with E-state index in [1.54, 1.807) is 0 Å². The van der Waals surface area contributed by atoms with Gasteiger partial charge in [0.25, 0.3) is 0 Å². The molecule has 0 aromatic carbocycles. The summed E-state index contributed by atoms with van der Waals surface area (Å²) >= 11 is 0. The first-order valence-electron chi connectivity index (χ1n) is 36.2. The van der Waals surface area contributed by atoms with Crippen LogP contribution in [-0.4, -0.2) is 110 Å². The number of hydrogen-bond acceptors (Lipinski definition) is 10. The molecule has 1 heterocycles. The minimum Gasteiger partial charge on any atom is -0.394 e. The average molecular weight is 1200 g/mol. The van der Waals surface area contributed by atoms with Crippen LogP contribution in [-0.2, 0) is 14.3 Å². The fraction of sp³-hybridized carbons (Fsp3) is 0.851. The zero-order valence-electron chi connectivity index (χ0n) is 55.1. The van der Waals surface area contributed by atoms with Crippen LogP contribution in [0.2, 0.25) is 0 Å². The van der Waals surface area contributed by atoms with Crippen LogP contribution in [0.1, 0.15) is 335 Å². The maximum atomic E-state index is 13.2. The topological polar surface area (TPSA) is 189 Å². The molecule has 1 rings (SSSR count). The SMILES string of the molecule is CCCCCCCCCCC/C=C\C/C=C\CCCCCCCCCCCCC(O)C(=O)NC(COC1OC(CO)C(O)C(O)C1O)C(O)C(O)CCC/C=C/CC/C=C/CC/C=C/CCCCCCCCCCCCCCCCCCCCC. The summed E-state index contributed by atoms with van der Waals surface area (Å²) in [4.78, 5) is 13.2. The molecule has 1 aliphatic rings. The minimum atomic E-state index is -1.68. The van der Waals surface area contributed by atoms with Crippen molar-refractivity contribution in [1.29, 1.82) is 0 Å². The van der Waals surface area contributed by atoms with Gasteiger partial charge in [-0.25, -0.2) is 0 Å². The van der Waals surface area contributed by atoms with E-state index < -0.39 is 74.2 Å². The van der Waals surface area contributed by atoms with Crippen molar-refractivity contribution in [1.82, 2.24) is 5.32 Å². The van der Waals surface area contributed by atoms with Gasteiger partial charge >= 0.3 is 0 Å². The fourth-order valence-corrected chi connectivity index (χ4v) is 11.4. The highest BCUT2D eigenvalue weighted by Gasteiger charge is 2.44. The number of aliphatic hydroxyl groups excluding tert-OH is 7. The van der Waals surface area contributed by atoms with Gasteiger partial charge in [-0.05, 0) is 96.3 Å². The number of allylic oxidation sites excluding steroid dienone is 10. The second kappa shape index (κ2) is 62.0. The van der Waals surface area contributed by atoms with Crippen LogP contribution < -0.4 is 5.32 Å². The van der Waals surface area contributed by atoms with Gasteiger partial charge in [0.15, 0.2) is 6.29 Å². The van der Waals surface area contributed by atoms with E-state index in [1.165, 1.54) is 231 Å². The molecule has 0 aromatic heterocycles. The molecule has 1 saturated heterocycles. The van der Waals surface area contributed by atoms with E-state index in [0.717, 1.165) is 57.8 Å². The Hall–Kier alpha value is -2.19. The second-order valence-electron chi connectivity index (χ2n) is 25.3. The Bertz CT molecular complexity index is 1570. The Balaban J connectivity index is 2.24. The summed E-state index contributed by atoms with van der Waals surface area (Å²) in [5, 5.41) is 76.5. The van der Waals surface area contributed by atoms with Crippen LogP contribution in [0.25, 0.3) is 0 Å². The minimum absolute atomic E-state index is 0.239. The van der Waals surface area contributed by atoms with Crippen LogP contribution in [0.15, 0.2) is 60.8 Å². The van der Waals surface area contributed by atoms with Crippen molar-refractivity contribution in [3.05, 3.63) is 60.8 Å². The lowest BCUT2D eigenvalue weighted by atomic mass is 9.98. The summed E-state index contributed by atoms with van der Waals surface area (Å²) in [6.45, 7) is 3.48. The van der Waals surface area contributed by atoms with Crippen LogP contribution in [0.4, 0.5) is 0 Å². The second-order valence-corrected chi connectivity index (χ2v) is 25.3. The molecule has 11 nitrogen and oxygen atoms in total. The molecule has 1 aliphatic heterocycles. The van der Waals surface area contributed by atoms with Crippen molar-refractivity contribution < 1.29 is 50.0 Å². The first-order chi connectivity index (χ1) is 41.7. The van der Waals surface area contributed by atoms with Gasteiger partial charge in [0.05, 0.1) is 25.4 Å². The third-order valence-electron chi connectivity index (χ3n) is 17.2. The van der Waals surface area contributed by atoms with Gasteiger partial charge in [-0.2, -0.15) is 0 Å². The average Bonchev–Trinajstić information content (AvgIpc) is 3.66. The summed E-state index contributed by atoms with van der Waals surface area (Å²) in [6, 6.07) is -1.20. The number of rotatable bonds is 63. The first kappa shape index (κ1) is 80.8. The quantitative estimate of drug-likeness (QED) is 0.0215. The molecule has 9 unspecified atom stereocenters. The number of nitrogens with one attached hydrogen (secondary N) is 1. The van der Waals surface area contributed by atoms with Crippen molar-refractivity contribution in [2.75, 3.05) is 13.2 Å². The monoisotopic (exact) mass is 1200 g/mol. The van der Waals surface area contributed by atoms with Gasteiger partial charge in [-0.1, -0.05) is 299 Å². The summed E-state index contributed by atoms with van der Waals surface area (Å²) in [5.74, 6) is -0.713. The molecular formula is C74H137NO10. The smallest absolute Gasteiger partial charge is 0.249 e. The highest BCUT2D eigenvalue weighted by Crippen LogP contribution is 2.24. The van der Waals surface area contributed by atoms with Crippen molar-refractivity contribution in [2.45, 2.75) is 390 Å². The van der Waals surface area contributed by atoms with Crippen LogP contribution in [0.5, 0.6) is 0 Å². The molecule has 0 aliphatic carbocycles. The molecule has 1 fully saturated rings. The van der Waals surface area contributed by atoms with E-state index in [9.17, 15) is 40.5 Å². The molecule has 0 bridgehead atoms. The summed E-state index contributed by atoms with van der Waals surface area (Å²) in [6.07, 6.45) is 71.7. The van der Waals surface area contributed by atoms with Crippen LogP contribution >= 0.6 is 0 Å². The number of amides is 1. The first-order valence-corrected chi connectivity index (χ1v) is 36.2. The van der Waals surface area contributed by atoms with Gasteiger partial charge in [0, 0.05) is 0 Å². The standard InChI is InChI=1S/C74H137NO10/c1-3-5-7-9-11-13-15-17-19-21-23-25-27-29-31-32-33-34-35-36-38-39-41-43-45-47-49-51-53-55-57-59-61-66(77)69(79)65(64-84-74-72(82)71(81)70(80)68(63-76)85-74)75-73(83)67(78)62-60-58-56-54-52-50-48-46-44-42-40-37-30-28-26-24-22-20-18-16-14-12-10-8-6-4-2/h24,26,30,37-39,45,47,53,55,65-72,74,76-82H,3-23,25,27-29,31-36,40-44,46,48-52,54,56-64H2,1-2H3,(H,75,83)/b26-24-,37-30-,39-38+,47-45+,55-53+. The molecule has 1 amide bonds. The van der Waals surface area contributed by atoms with E-state index in [-0.39, 0.29) is 12.8 Å². The number of ether oxygens (including phenoxy) is 2. The Morgan fingerprint density at radius 3 is 1.12 bits per heavy atom. The van der Waals surface area contributed by atoms with Gasteiger partial charge < -0.3 is 50.5 Å². The Morgan fingerprint density at radius 2 is 0.741 bits per heavy atom. The number of aliphatic hydroxyl groups is 7. The molecule has 85 heavy (non-hydrogen) atoms. The number of carbonyl (C=O) groups excluding carboxylic acids is 1. The van der Waals surface area contributed by atoms with Crippen molar-refractivity contribution in [2.24, 2.45) is 0 Å². The lowest BCUT2D eigenvalue weighted by Gasteiger charge is -2.40. The Labute approximate surface area is 522 Å². The summed E-state index contributed by atoms with van der Waals surface area (Å²) < 4.78 is 11.2. The van der Waals surface area contributed by atoms with E-state index in [4.69, 9.17) is 9.47 Å². The molecule has 0 aromatic rings. The Kier molecular flexibility index (Phi) is 59.0. The van der Waals surface area contributed by atoms with Crippen LogP contribution in [0.3, 0.4) is 0 Å². The molecule has 498 valence electrons. The molecule has 9 atom stereocenters. The van der Waals surface area contributed by atoms with Gasteiger partial charge in [0.1, 0.15) is 36.6 Å². The number of unbranched alkanes of at least 4 members (excludes halogenated alkanes) is 41. The Morgan fingerprint density at radius 1 is 0.412 bits per heavy atom. The predicted molar refractivity (Wildman–Crippen MR) is 358 cm³/mol. The molecule has 11 heteroatoms. The van der Waals surface area contributed by atoms with Gasteiger partial charge in [-0.15, -0.1) is 0 Å². The molecule has 0 saturated carbocycles. The molecule has 8 N–H and O–H groups in total. The molecule has 0 spiro atoms. The summed E-state index contributed by atoms with van der Waals surface area (Å²) in [7, 11) is 0. The van der Waals surface area contributed by atoms with E-state index in [2.05, 4.69) is 79.9 Å². The largest absolute Gasteiger partial charge is 0.394 e. The molecule has 0 radical (unpaired) electrons. The van der Waals surface area contributed by atoms with Gasteiger partial charge in [0.2, 0.25) is 5.91 Å². The van der Waals surface area contributed by atoms with Crippen molar-refractivity contribution in [3.63, 3.8) is 0 Å². The van der Waals surface area contributed by atoms with E-state index in [0.29, 0.717) is 19.3 Å². The van der Waals surface area contributed by atoms with E-state index >= 15 is 0 Å². The van der Waals surface area contributed by atoms with Gasteiger partial charge in [-0.3, -0.25) is 4.79 Å². The maximum Gasteiger partial charge on any atom is 0.249 e. The highest BCUT2D eigenvalue weighted by molar-refractivity contribution is 5.80. The van der Waals surface area contributed by atoms with Crippen molar-refractivity contribution >= 4 is 5.91 Å². The lowest BCUT2D eigenvalue weighted by Crippen LogP contribution is -2.60. The van der Waals surface area contributed by atoms with Crippen molar-refractivity contribution in [3.8, 4) is 0 Å². The third kappa shape index (κ3) is 49.3.